The first-order chi connectivity index (χ1) is 14.7. The predicted octanol–water partition coefficient (Wildman–Crippen LogP) is 1.79. The van der Waals surface area contributed by atoms with Crippen molar-refractivity contribution < 1.29 is 14.3 Å². The number of ether oxygens (including phenoxy) is 2. The molecule has 0 aliphatic carbocycles. The maximum absolute atomic E-state index is 12.3. The SMILES string of the molecule is COCCc1nc2c(N)nc3ccccc3c2n1CCCNC(=O)N1CCOCC1. The third-order valence-electron chi connectivity index (χ3n) is 5.35. The third kappa shape index (κ3) is 4.17. The summed E-state index contributed by atoms with van der Waals surface area (Å²) in [6, 6.07) is 7.91. The number of benzene rings is 1. The van der Waals surface area contributed by atoms with Gasteiger partial charge in [0.2, 0.25) is 0 Å². The highest BCUT2D eigenvalue weighted by Crippen LogP contribution is 2.29. The number of pyridine rings is 1. The standard InChI is InChI=1S/C21H28N6O3/c1-29-12-7-17-25-18-19(15-5-2-3-6-16(15)24-20(18)22)27(17)9-4-8-23-21(28)26-10-13-30-14-11-26/h2-3,5-6H,4,7-14H2,1H3,(H2,22,24)(H,23,28). The molecule has 1 fully saturated rings. The second kappa shape index (κ2) is 9.27. The smallest absolute Gasteiger partial charge is 0.317 e. The molecule has 0 spiro atoms. The molecule has 0 bridgehead atoms. The summed E-state index contributed by atoms with van der Waals surface area (Å²) >= 11 is 0. The average molecular weight is 412 g/mol. The number of aromatic nitrogens is 3. The van der Waals surface area contributed by atoms with Crippen LogP contribution in [-0.4, -0.2) is 72.0 Å². The van der Waals surface area contributed by atoms with E-state index >= 15 is 0 Å². The van der Waals surface area contributed by atoms with Crippen LogP contribution >= 0.6 is 0 Å². The molecule has 0 saturated carbocycles. The monoisotopic (exact) mass is 412 g/mol. The number of aryl methyl sites for hydroxylation is 1. The highest BCUT2D eigenvalue weighted by atomic mass is 16.5. The Morgan fingerprint density at radius 3 is 2.87 bits per heavy atom. The summed E-state index contributed by atoms with van der Waals surface area (Å²) in [5.74, 6) is 1.35. The Morgan fingerprint density at radius 1 is 1.27 bits per heavy atom. The highest BCUT2D eigenvalue weighted by molar-refractivity contribution is 6.06. The molecule has 30 heavy (non-hydrogen) atoms. The molecule has 3 N–H and O–H groups in total. The minimum Gasteiger partial charge on any atom is -0.384 e. The molecule has 9 heteroatoms. The number of nitrogens with zero attached hydrogens (tertiary/aromatic N) is 4. The van der Waals surface area contributed by atoms with Gasteiger partial charge in [-0.25, -0.2) is 14.8 Å². The van der Waals surface area contributed by atoms with Crippen molar-refractivity contribution in [2.24, 2.45) is 0 Å². The number of rotatable bonds is 7. The summed E-state index contributed by atoms with van der Waals surface area (Å²) in [5.41, 5.74) is 8.78. The number of anilines is 1. The number of hydrogen-bond acceptors (Lipinski definition) is 6. The van der Waals surface area contributed by atoms with Crippen LogP contribution in [0.15, 0.2) is 24.3 Å². The topological polar surface area (TPSA) is 108 Å². The Morgan fingerprint density at radius 2 is 2.07 bits per heavy atom. The number of nitrogen functional groups attached to an aromatic ring is 1. The molecule has 160 valence electrons. The molecule has 1 saturated heterocycles. The zero-order valence-corrected chi connectivity index (χ0v) is 17.3. The lowest BCUT2D eigenvalue weighted by Crippen LogP contribution is -2.46. The first-order valence-electron chi connectivity index (χ1n) is 10.3. The Kier molecular flexibility index (Phi) is 6.29. The largest absolute Gasteiger partial charge is 0.384 e. The lowest BCUT2D eigenvalue weighted by molar-refractivity contribution is 0.0532. The van der Waals surface area contributed by atoms with Crippen LogP contribution < -0.4 is 11.1 Å². The third-order valence-corrected chi connectivity index (χ3v) is 5.35. The van der Waals surface area contributed by atoms with Gasteiger partial charge in [-0.2, -0.15) is 0 Å². The van der Waals surface area contributed by atoms with E-state index < -0.39 is 0 Å². The number of urea groups is 1. The van der Waals surface area contributed by atoms with Gasteiger partial charge in [0.05, 0.1) is 30.9 Å². The lowest BCUT2D eigenvalue weighted by atomic mass is 10.2. The van der Waals surface area contributed by atoms with Crippen LogP contribution in [0.2, 0.25) is 0 Å². The van der Waals surface area contributed by atoms with Crippen LogP contribution in [0.5, 0.6) is 0 Å². The van der Waals surface area contributed by atoms with Gasteiger partial charge < -0.3 is 30.0 Å². The van der Waals surface area contributed by atoms with Crippen molar-refractivity contribution >= 4 is 33.8 Å². The van der Waals surface area contributed by atoms with Gasteiger partial charge in [0.15, 0.2) is 5.82 Å². The quantitative estimate of drug-likeness (QED) is 0.573. The van der Waals surface area contributed by atoms with Crippen molar-refractivity contribution in [2.75, 3.05) is 52.3 Å². The summed E-state index contributed by atoms with van der Waals surface area (Å²) in [6.45, 7) is 4.33. The Hall–Kier alpha value is -2.91. The van der Waals surface area contributed by atoms with Crippen molar-refractivity contribution in [2.45, 2.75) is 19.4 Å². The molecule has 2 amide bonds. The molecule has 1 aliphatic rings. The number of para-hydroxylation sites is 1. The van der Waals surface area contributed by atoms with Crippen LogP contribution in [0.3, 0.4) is 0 Å². The fourth-order valence-corrected chi connectivity index (χ4v) is 3.84. The lowest BCUT2D eigenvalue weighted by Gasteiger charge is -2.26. The number of imidazole rings is 1. The van der Waals surface area contributed by atoms with Crippen LogP contribution in [0.1, 0.15) is 12.2 Å². The van der Waals surface area contributed by atoms with Crippen LogP contribution in [-0.2, 0) is 22.4 Å². The van der Waals surface area contributed by atoms with Gasteiger partial charge in [-0.05, 0) is 12.5 Å². The molecule has 0 unspecified atom stereocenters. The zero-order valence-electron chi connectivity index (χ0n) is 17.3. The second-order valence-corrected chi connectivity index (χ2v) is 7.32. The van der Waals surface area contributed by atoms with E-state index in [4.69, 9.17) is 20.2 Å². The number of carbonyl (C=O) groups is 1. The van der Waals surface area contributed by atoms with Crippen molar-refractivity contribution in [1.82, 2.24) is 24.8 Å². The number of hydrogen-bond donors (Lipinski definition) is 2. The van der Waals surface area contributed by atoms with Crippen LogP contribution in [0.4, 0.5) is 10.6 Å². The summed E-state index contributed by atoms with van der Waals surface area (Å²) in [7, 11) is 1.68. The van der Waals surface area contributed by atoms with E-state index in [9.17, 15) is 4.79 Å². The molecule has 0 atom stereocenters. The Bertz CT molecular complexity index is 1030. The normalized spacial score (nSPS) is 14.5. The van der Waals surface area contributed by atoms with Gasteiger partial charge in [0, 0.05) is 45.1 Å². The first-order valence-corrected chi connectivity index (χ1v) is 10.3. The maximum atomic E-state index is 12.3. The van der Waals surface area contributed by atoms with Crippen molar-refractivity contribution in [3.8, 4) is 0 Å². The first kappa shape index (κ1) is 20.4. The summed E-state index contributed by atoms with van der Waals surface area (Å²) < 4.78 is 12.8. The van der Waals surface area contributed by atoms with E-state index in [0.29, 0.717) is 58.2 Å². The number of nitrogens with two attached hydrogens (primary N) is 1. The van der Waals surface area contributed by atoms with Crippen molar-refractivity contribution in [1.29, 1.82) is 0 Å². The summed E-state index contributed by atoms with van der Waals surface area (Å²) in [6.07, 6.45) is 1.46. The molecule has 2 aromatic heterocycles. The number of nitrogens with one attached hydrogen (secondary N) is 1. The molecule has 1 aromatic carbocycles. The minimum absolute atomic E-state index is 0.0349. The van der Waals surface area contributed by atoms with Crippen molar-refractivity contribution in [3.63, 3.8) is 0 Å². The molecule has 0 radical (unpaired) electrons. The number of methoxy groups -OCH3 is 1. The summed E-state index contributed by atoms with van der Waals surface area (Å²) in [5, 5.41) is 4.03. The van der Waals surface area contributed by atoms with Gasteiger partial charge >= 0.3 is 6.03 Å². The molecular formula is C21H28N6O3. The second-order valence-electron chi connectivity index (χ2n) is 7.32. The number of fused-ring (bicyclic) bond motifs is 3. The van der Waals surface area contributed by atoms with E-state index in [-0.39, 0.29) is 6.03 Å². The maximum Gasteiger partial charge on any atom is 0.317 e. The van der Waals surface area contributed by atoms with E-state index in [2.05, 4.69) is 14.9 Å². The van der Waals surface area contributed by atoms with E-state index in [1.54, 1.807) is 12.0 Å². The predicted molar refractivity (Wildman–Crippen MR) is 115 cm³/mol. The fourth-order valence-electron chi connectivity index (χ4n) is 3.84. The van der Waals surface area contributed by atoms with Crippen LogP contribution in [0.25, 0.3) is 21.9 Å². The van der Waals surface area contributed by atoms with Gasteiger partial charge in [-0.3, -0.25) is 0 Å². The molecular weight excluding hydrogens is 384 g/mol. The number of amides is 2. The van der Waals surface area contributed by atoms with Gasteiger partial charge in [-0.15, -0.1) is 0 Å². The average Bonchev–Trinajstić information content (AvgIpc) is 3.15. The molecule has 9 nitrogen and oxygen atoms in total. The van der Waals surface area contributed by atoms with E-state index in [1.807, 2.05) is 24.3 Å². The van der Waals surface area contributed by atoms with Crippen LogP contribution in [0, 0.1) is 0 Å². The highest BCUT2D eigenvalue weighted by Gasteiger charge is 2.18. The Labute approximate surface area is 175 Å². The molecule has 4 rings (SSSR count). The van der Waals surface area contributed by atoms with E-state index in [0.717, 1.165) is 34.2 Å². The number of morpholine rings is 1. The fraction of sp³-hybridized carbons (Fsp3) is 0.476. The van der Waals surface area contributed by atoms with Crippen molar-refractivity contribution in [3.05, 3.63) is 30.1 Å². The molecule has 1 aliphatic heterocycles. The molecule has 3 heterocycles. The van der Waals surface area contributed by atoms with Gasteiger partial charge in [-0.1, -0.05) is 18.2 Å². The van der Waals surface area contributed by atoms with Gasteiger partial charge in [0.25, 0.3) is 0 Å². The number of carbonyl (C=O) groups excluding carboxylic acids is 1. The van der Waals surface area contributed by atoms with E-state index in [1.165, 1.54) is 0 Å². The zero-order chi connectivity index (χ0) is 20.9. The molecule has 3 aromatic rings. The minimum atomic E-state index is -0.0349. The van der Waals surface area contributed by atoms with Gasteiger partial charge in [0.1, 0.15) is 11.3 Å². The Balaban J connectivity index is 1.54. The summed E-state index contributed by atoms with van der Waals surface area (Å²) in [4.78, 5) is 23.4.